The lowest BCUT2D eigenvalue weighted by Gasteiger charge is -2.71. The molecule has 4 aliphatic rings. The van der Waals surface area contributed by atoms with Gasteiger partial charge in [-0.15, -0.1) is 0 Å². The van der Waals surface area contributed by atoms with E-state index in [9.17, 15) is 14.7 Å². The van der Waals surface area contributed by atoms with Gasteiger partial charge in [-0.3, -0.25) is 9.59 Å². The highest BCUT2D eigenvalue weighted by Gasteiger charge is 2.68. The van der Waals surface area contributed by atoms with Crippen molar-refractivity contribution < 1.29 is 24.2 Å². The first kappa shape index (κ1) is 33.9. The van der Waals surface area contributed by atoms with Crippen LogP contribution in [0.2, 0.25) is 0 Å². The van der Waals surface area contributed by atoms with Crippen molar-refractivity contribution in [3.8, 4) is 11.5 Å². The summed E-state index contributed by atoms with van der Waals surface area (Å²) in [6.45, 7) is 15.9. The smallest absolute Gasteiger partial charge is 0.311 e. The SMILES string of the molecule is CCCC(=O)Oc1c(O)cc2c(c1C)C(c1c[nH]c3ccccc13)C=C1[C@@]2(C)CC[C@@]2(CC)[C@@H]3C[C@](C)(C(=O)OC)CC[C@]3(C)CC[C@]12C. The van der Waals surface area contributed by atoms with Crippen LogP contribution >= 0.6 is 0 Å². The average molecular weight is 666 g/mol. The van der Waals surface area contributed by atoms with Gasteiger partial charge < -0.3 is 19.6 Å². The first-order valence-corrected chi connectivity index (χ1v) is 18.7. The van der Waals surface area contributed by atoms with Crippen LogP contribution in [0.25, 0.3) is 10.9 Å². The number of hydrogen-bond acceptors (Lipinski definition) is 5. The van der Waals surface area contributed by atoms with Gasteiger partial charge >= 0.3 is 11.9 Å². The largest absolute Gasteiger partial charge is 0.504 e. The second kappa shape index (κ2) is 11.5. The van der Waals surface area contributed by atoms with Crippen LogP contribution < -0.4 is 4.74 Å². The number of fused-ring (bicyclic) bond motifs is 8. The van der Waals surface area contributed by atoms with Crippen LogP contribution in [0, 0.1) is 34.5 Å². The number of aromatic nitrogens is 1. The molecule has 3 saturated carbocycles. The van der Waals surface area contributed by atoms with Crippen molar-refractivity contribution in [1.29, 1.82) is 0 Å². The van der Waals surface area contributed by atoms with Gasteiger partial charge in [-0.1, -0.05) is 64.5 Å². The molecule has 0 amide bonds. The number of carbonyl (C=O) groups excluding carboxylic acids is 2. The van der Waals surface area contributed by atoms with Gasteiger partial charge in [0.05, 0.1) is 12.5 Å². The summed E-state index contributed by atoms with van der Waals surface area (Å²) in [4.78, 5) is 29.6. The van der Waals surface area contributed by atoms with Crippen LogP contribution in [0.5, 0.6) is 11.5 Å². The standard InChI is InChI=1S/C43H55NO5/c1-9-13-35(46)49-37-26(3)36-28(29-25-44-31-15-12-11-14-27(29)31)22-33-41(6,30(36)23-32(37)45)19-21-43(10-2)34-24-40(5,38(47)48-8)17-16-39(34,4)18-20-42(33,43)7/h11-12,14-15,22-23,25,28,34,44-45H,9-10,13,16-21,24H2,1-8H3/t28?,34-,39-,40-,41+,42-,43+/m1/s1. The number of aromatic amines is 1. The fourth-order valence-corrected chi connectivity index (χ4v) is 11.8. The van der Waals surface area contributed by atoms with Gasteiger partial charge in [0.1, 0.15) is 0 Å². The maximum absolute atomic E-state index is 13.3. The number of methoxy groups -OCH3 is 1. The number of rotatable bonds is 6. The molecule has 0 aliphatic heterocycles. The predicted molar refractivity (Wildman–Crippen MR) is 194 cm³/mol. The number of H-pyrrole nitrogens is 1. The van der Waals surface area contributed by atoms with E-state index < -0.39 is 5.41 Å². The van der Waals surface area contributed by atoms with Gasteiger partial charge in [0, 0.05) is 40.4 Å². The highest BCUT2D eigenvalue weighted by Crippen LogP contribution is 2.76. The van der Waals surface area contributed by atoms with Gasteiger partial charge in [-0.2, -0.15) is 0 Å². The lowest BCUT2D eigenvalue weighted by Crippen LogP contribution is -2.63. The van der Waals surface area contributed by atoms with Crippen molar-refractivity contribution in [2.75, 3.05) is 7.11 Å². The van der Waals surface area contributed by atoms with E-state index >= 15 is 0 Å². The number of benzene rings is 2. The lowest BCUT2D eigenvalue weighted by molar-refractivity contribution is -0.185. The Bertz CT molecular complexity index is 1870. The molecule has 4 aliphatic carbocycles. The summed E-state index contributed by atoms with van der Waals surface area (Å²) >= 11 is 0. The molecule has 49 heavy (non-hydrogen) atoms. The number of esters is 2. The molecule has 0 spiro atoms. The van der Waals surface area contributed by atoms with E-state index in [1.807, 2.05) is 19.9 Å². The van der Waals surface area contributed by atoms with Crippen molar-refractivity contribution in [2.24, 2.45) is 27.6 Å². The molecule has 6 nitrogen and oxygen atoms in total. The number of allylic oxidation sites excluding steroid dienone is 2. The summed E-state index contributed by atoms with van der Waals surface area (Å²) in [5.74, 6) is 0.219. The highest BCUT2D eigenvalue weighted by atomic mass is 16.5. The van der Waals surface area contributed by atoms with Gasteiger partial charge in [0.25, 0.3) is 0 Å². The Kier molecular flexibility index (Phi) is 7.96. The molecule has 7 atom stereocenters. The third-order valence-corrected chi connectivity index (χ3v) is 14.7. The first-order chi connectivity index (χ1) is 23.2. The van der Waals surface area contributed by atoms with E-state index in [0.717, 1.165) is 73.6 Å². The molecule has 6 heteroatoms. The predicted octanol–water partition coefficient (Wildman–Crippen LogP) is 10.2. The molecular formula is C43H55NO5. The fraction of sp³-hybridized carbons (Fsp3) is 0.581. The van der Waals surface area contributed by atoms with Crippen molar-refractivity contribution in [3.05, 3.63) is 70.4 Å². The quantitative estimate of drug-likeness (QED) is 0.155. The van der Waals surface area contributed by atoms with Crippen molar-refractivity contribution in [1.82, 2.24) is 4.98 Å². The number of nitrogens with one attached hydrogen (secondary N) is 1. The summed E-state index contributed by atoms with van der Waals surface area (Å²) in [6, 6.07) is 10.4. The topological polar surface area (TPSA) is 88.6 Å². The molecule has 2 aromatic carbocycles. The van der Waals surface area contributed by atoms with E-state index in [2.05, 4.69) is 76.1 Å². The molecule has 3 fully saturated rings. The summed E-state index contributed by atoms with van der Waals surface area (Å²) in [6.07, 6.45) is 13.8. The van der Waals surface area contributed by atoms with Crippen molar-refractivity contribution >= 4 is 22.8 Å². The molecule has 0 saturated heterocycles. The summed E-state index contributed by atoms with van der Waals surface area (Å²) in [7, 11) is 1.54. The van der Waals surface area contributed by atoms with Gasteiger partial charge in [0.15, 0.2) is 11.5 Å². The second-order valence-corrected chi connectivity index (χ2v) is 17.0. The Morgan fingerprint density at radius 3 is 2.45 bits per heavy atom. The normalized spacial score (nSPS) is 35.0. The Balaban J connectivity index is 1.45. The fourth-order valence-electron chi connectivity index (χ4n) is 11.8. The molecule has 1 heterocycles. The molecule has 1 aromatic heterocycles. The summed E-state index contributed by atoms with van der Waals surface area (Å²) < 4.78 is 11.3. The molecular weight excluding hydrogens is 610 g/mol. The zero-order valence-electron chi connectivity index (χ0n) is 30.8. The van der Waals surface area contributed by atoms with E-state index in [4.69, 9.17) is 9.47 Å². The van der Waals surface area contributed by atoms with Gasteiger partial charge in [-0.05, 0) is 123 Å². The number of phenolic OH excluding ortho intramolecular Hbond substituents is 1. The molecule has 3 aromatic rings. The maximum atomic E-state index is 13.3. The minimum absolute atomic E-state index is 0.00995. The third kappa shape index (κ3) is 4.64. The van der Waals surface area contributed by atoms with E-state index in [1.54, 1.807) is 0 Å². The number of para-hydroxylation sites is 1. The summed E-state index contributed by atoms with van der Waals surface area (Å²) in [5.41, 5.74) is 6.14. The Labute approximate surface area is 292 Å². The maximum Gasteiger partial charge on any atom is 0.311 e. The van der Waals surface area contributed by atoms with E-state index in [1.165, 1.54) is 23.6 Å². The molecule has 2 N–H and O–H groups in total. The number of carbonyl (C=O) groups is 2. The van der Waals surface area contributed by atoms with Crippen molar-refractivity contribution in [3.63, 3.8) is 0 Å². The van der Waals surface area contributed by atoms with Crippen LogP contribution in [0.3, 0.4) is 0 Å². The van der Waals surface area contributed by atoms with E-state index in [0.29, 0.717) is 18.8 Å². The average Bonchev–Trinajstić information content (AvgIpc) is 3.51. The number of hydrogen-bond donors (Lipinski definition) is 2. The molecule has 0 radical (unpaired) electrons. The molecule has 1 unspecified atom stereocenters. The lowest BCUT2D eigenvalue weighted by atomic mass is 9.33. The number of phenols is 1. The van der Waals surface area contributed by atoms with Crippen LogP contribution in [0.1, 0.15) is 134 Å². The first-order valence-electron chi connectivity index (χ1n) is 18.7. The monoisotopic (exact) mass is 665 g/mol. The van der Waals surface area contributed by atoms with Crippen LogP contribution in [-0.4, -0.2) is 29.1 Å². The second-order valence-electron chi connectivity index (χ2n) is 17.0. The van der Waals surface area contributed by atoms with Gasteiger partial charge in [0.2, 0.25) is 0 Å². The Morgan fingerprint density at radius 1 is 1.00 bits per heavy atom. The molecule has 262 valence electrons. The zero-order chi connectivity index (χ0) is 35.1. The minimum atomic E-state index is -0.477. The molecule has 0 bridgehead atoms. The van der Waals surface area contributed by atoms with Gasteiger partial charge in [-0.25, -0.2) is 0 Å². The highest BCUT2D eigenvalue weighted by molar-refractivity contribution is 5.85. The number of aromatic hydroxyl groups is 1. The number of ether oxygens (including phenoxy) is 2. The Hall–Kier alpha value is -3.54. The van der Waals surface area contributed by atoms with Crippen LogP contribution in [-0.2, 0) is 19.7 Å². The third-order valence-electron chi connectivity index (χ3n) is 14.7. The van der Waals surface area contributed by atoms with Crippen molar-refractivity contribution in [2.45, 2.75) is 124 Å². The minimum Gasteiger partial charge on any atom is -0.504 e. The Morgan fingerprint density at radius 2 is 1.73 bits per heavy atom. The summed E-state index contributed by atoms with van der Waals surface area (Å²) in [5, 5.41) is 12.8. The van der Waals surface area contributed by atoms with E-state index in [-0.39, 0.29) is 51.0 Å². The molecule has 7 rings (SSSR count). The van der Waals surface area contributed by atoms with Crippen LogP contribution in [0.4, 0.5) is 0 Å². The van der Waals surface area contributed by atoms with Crippen LogP contribution in [0.15, 0.2) is 48.2 Å². The zero-order valence-corrected chi connectivity index (χ0v) is 30.8.